The van der Waals surface area contributed by atoms with E-state index in [-0.39, 0.29) is 5.91 Å². The monoisotopic (exact) mass is 177 g/mol. The Balaban J connectivity index is 2.10. The van der Waals surface area contributed by atoms with Crippen molar-refractivity contribution in [3.8, 4) is 0 Å². The summed E-state index contributed by atoms with van der Waals surface area (Å²) in [6.07, 6.45) is 2.42. The summed E-state index contributed by atoms with van der Waals surface area (Å²) in [7, 11) is 0. The van der Waals surface area contributed by atoms with Gasteiger partial charge in [-0.15, -0.1) is 0 Å². The van der Waals surface area contributed by atoms with Crippen LogP contribution in [0.2, 0.25) is 0 Å². The first-order valence-corrected chi connectivity index (χ1v) is 4.27. The van der Waals surface area contributed by atoms with Gasteiger partial charge < -0.3 is 9.32 Å². The zero-order valence-corrected chi connectivity index (χ0v) is 7.32. The molecule has 0 unspecified atom stereocenters. The number of rotatable bonds is 1. The topological polar surface area (TPSA) is 33.5 Å². The van der Waals surface area contributed by atoms with Crippen molar-refractivity contribution in [1.82, 2.24) is 4.90 Å². The van der Waals surface area contributed by atoms with Gasteiger partial charge in [-0.2, -0.15) is 0 Å². The van der Waals surface area contributed by atoms with Crippen LogP contribution < -0.4 is 0 Å². The smallest absolute Gasteiger partial charge is 0.289 e. The molecule has 1 saturated heterocycles. The Morgan fingerprint density at radius 1 is 1.62 bits per heavy atom. The van der Waals surface area contributed by atoms with E-state index in [1.165, 1.54) is 6.26 Å². The fourth-order valence-electron chi connectivity index (χ4n) is 1.45. The second-order valence-corrected chi connectivity index (χ2v) is 3.20. The number of hydrogen-bond acceptors (Lipinski definition) is 2. The Hall–Kier alpha value is -1.51. The van der Waals surface area contributed by atoms with Gasteiger partial charge in [0.25, 0.3) is 5.91 Å². The van der Waals surface area contributed by atoms with Crippen molar-refractivity contribution in [2.45, 2.75) is 6.42 Å². The number of carbonyl (C=O) groups excluding carboxylic acids is 1. The second-order valence-electron chi connectivity index (χ2n) is 3.20. The van der Waals surface area contributed by atoms with Gasteiger partial charge >= 0.3 is 0 Å². The Bertz CT molecular complexity index is 327. The van der Waals surface area contributed by atoms with E-state index >= 15 is 0 Å². The lowest BCUT2D eigenvalue weighted by Gasteiger charge is -2.12. The maximum absolute atomic E-state index is 11.6. The number of carbonyl (C=O) groups is 1. The molecular formula is C10H11NO2. The van der Waals surface area contributed by atoms with E-state index in [0.717, 1.165) is 18.5 Å². The minimum Gasteiger partial charge on any atom is -0.459 e. The summed E-state index contributed by atoms with van der Waals surface area (Å²) >= 11 is 0. The minimum atomic E-state index is -0.0383. The number of amides is 1. The lowest BCUT2D eigenvalue weighted by molar-refractivity contribution is 0.0765. The van der Waals surface area contributed by atoms with Crippen molar-refractivity contribution >= 4 is 5.91 Å². The van der Waals surface area contributed by atoms with Crippen LogP contribution in [0.4, 0.5) is 0 Å². The van der Waals surface area contributed by atoms with E-state index in [1.807, 2.05) is 0 Å². The molecule has 2 heterocycles. The fraction of sp³-hybridized carbons (Fsp3) is 0.300. The Labute approximate surface area is 76.6 Å². The van der Waals surface area contributed by atoms with Gasteiger partial charge in [0.15, 0.2) is 5.76 Å². The summed E-state index contributed by atoms with van der Waals surface area (Å²) in [6, 6.07) is 3.40. The van der Waals surface area contributed by atoms with E-state index in [4.69, 9.17) is 4.42 Å². The van der Waals surface area contributed by atoms with Gasteiger partial charge in [0.1, 0.15) is 0 Å². The second kappa shape index (κ2) is 3.09. The molecule has 1 aromatic heterocycles. The van der Waals surface area contributed by atoms with Gasteiger partial charge in [-0.25, -0.2) is 0 Å². The summed E-state index contributed by atoms with van der Waals surface area (Å²) in [5.41, 5.74) is 1.11. The molecule has 0 aromatic carbocycles. The molecule has 68 valence electrons. The third-order valence-corrected chi connectivity index (χ3v) is 2.17. The number of likely N-dealkylation sites (tertiary alicyclic amines) is 1. The van der Waals surface area contributed by atoms with E-state index in [0.29, 0.717) is 12.3 Å². The molecule has 1 aliphatic rings. The summed E-state index contributed by atoms with van der Waals surface area (Å²) in [5.74, 6) is 0.373. The lowest BCUT2D eigenvalue weighted by atomic mass is 10.3. The first-order valence-electron chi connectivity index (χ1n) is 4.27. The fourth-order valence-corrected chi connectivity index (χ4v) is 1.45. The molecule has 2 rings (SSSR count). The Morgan fingerprint density at radius 3 is 3.00 bits per heavy atom. The lowest BCUT2D eigenvalue weighted by Crippen LogP contribution is -2.27. The van der Waals surface area contributed by atoms with Crippen molar-refractivity contribution in [3.63, 3.8) is 0 Å². The van der Waals surface area contributed by atoms with Gasteiger partial charge in [-0.05, 0) is 18.6 Å². The molecule has 0 aliphatic carbocycles. The van der Waals surface area contributed by atoms with Gasteiger partial charge in [0, 0.05) is 13.1 Å². The van der Waals surface area contributed by atoms with Gasteiger partial charge in [-0.3, -0.25) is 4.79 Å². The molecule has 13 heavy (non-hydrogen) atoms. The molecule has 1 amide bonds. The van der Waals surface area contributed by atoms with Gasteiger partial charge in [0.05, 0.1) is 6.26 Å². The molecule has 3 nitrogen and oxygen atoms in total. The first-order chi connectivity index (χ1) is 6.27. The predicted molar refractivity (Wildman–Crippen MR) is 48.4 cm³/mol. The number of furan rings is 1. The highest BCUT2D eigenvalue weighted by Crippen LogP contribution is 2.16. The van der Waals surface area contributed by atoms with Gasteiger partial charge in [0.2, 0.25) is 0 Å². The van der Waals surface area contributed by atoms with Crippen LogP contribution in [-0.2, 0) is 0 Å². The van der Waals surface area contributed by atoms with Gasteiger partial charge in [-0.1, -0.05) is 12.2 Å². The molecule has 1 aromatic rings. The minimum absolute atomic E-state index is 0.0383. The quantitative estimate of drug-likeness (QED) is 0.611. The zero-order valence-electron chi connectivity index (χ0n) is 7.32. The summed E-state index contributed by atoms with van der Waals surface area (Å²) in [6.45, 7) is 5.27. The van der Waals surface area contributed by atoms with E-state index in [9.17, 15) is 4.79 Å². The maximum atomic E-state index is 11.6. The van der Waals surface area contributed by atoms with Crippen LogP contribution in [0.1, 0.15) is 17.0 Å². The molecule has 1 fully saturated rings. The molecule has 3 heteroatoms. The highest BCUT2D eigenvalue weighted by molar-refractivity contribution is 5.91. The normalized spacial score (nSPS) is 16.6. The van der Waals surface area contributed by atoms with Crippen molar-refractivity contribution in [2.24, 2.45) is 0 Å². The van der Waals surface area contributed by atoms with Crippen LogP contribution in [0.3, 0.4) is 0 Å². The van der Waals surface area contributed by atoms with E-state index in [1.54, 1.807) is 17.0 Å². The van der Waals surface area contributed by atoms with Crippen molar-refractivity contribution in [2.75, 3.05) is 13.1 Å². The molecule has 0 saturated carbocycles. The molecule has 0 N–H and O–H groups in total. The van der Waals surface area contributed by atoms with Crippen LogP contribution in [0, 0.1) is 0 Å². The maximum Gasteiger partial charge on any atom is 0.289 e. The van der Waals surface area contributed by atoms with Crippen LogP contribution in [0.15, 0.2) is 35.0 Å². The van der Waals surface area contributed by atoms with E-state index < -0.39 is 0 Å². The number of hydrogen-bond donors (Lipinski definition) is 0. The third-order valence-electron chi connectivity index (χ3n) is 2.17. The molecule has 0 radical (unpaired) electrons. The molecule has 0 bridgehead atoms. The summed E-state index contributed by atoms with van der Waals surface area (Å²) in [5, 5.41) is 0. The third kappa shape index (κ3) is 1.49. The zero-order chi connectivity index (χ0) is 9.26. The molecule has 1 aliphatic heterocycles. The average Bonchev–Trinajstić information content (AvgIpc) is 2.72. The van der Waals surface area contributed by atoms with Crippen LogP contribution in [-0.4, -0.2) is 23.9 Å². The van der Waals surface area contributed by atoms with Crippen molar-refractivity contribution in [3.05, 3.63) is 36.3 Å². The van der Waals surface area contributed by atoms with E-state index in [2.05, 4.69) is 6.58 Å². The Kier molecular flexibility index (Phi) is 1.93. The SMILES string of the molecule is C=C1CCN(C(=O)c2ccco2)C1. The summed E-state index contributed by atoms with van der Waals surface area (Å²) in [4.78, 5) is 13.4. The number of nitrogens with zero attached hydrogens (tertiary/aromatic N) is 1. The molecule has 0 atom stereocenters. The van der Waals surface area contributed by atoms with Crippen molar-refractivity contribution in [1.29, 1.82) is 0 Å². The predicted octanol–water partition coefficient (Wildman–Crippen LogP) is 1.68. The highest BCUT2D eigenvalue weighted by Gasteiger charge is 2.22. The highest BCUT2D eigenvalue weighted by atomic mass is 16.3. The molecule has 0 spiro atoms. The average molecular weight is 177 g/mol. The van der Waals surface area contributed by atoms with Crippen LogP contribution >= 0.6 is 0 Å². The standard InChI is InChI=1S/C10H11NO2/c1-8-4-5-11(7-8)10(12)9-3-2-6-13-9/h2-3,6H,1,4-5,7H2. The van der Waals surface area contributed by atoms with Crippen LogP contribution in [0.5, 0.6) is 0 Å². The van der Waals surface area contributed by atoms with Crippen molar-refractivity contribution < 1.29 is 9.21 Å². The first kappa shape index (κ1) is 8.10. The summed E-state index contributed by atoms with van der Waals surface area (Å²) < 4.78 is 5.02. The molecular weight excluding hydrogens is 166 g/mol. The van der Waals surface area contributed by atoms with Crippen LogP contribution in [0.25, 0.3) is 0 Å². The Morgan fingerprint density at radius 2 is 2.46 bits per heavy atom. The largest absolute Gasteiger partial charge is 0.459 e.